The van der Waals surface area contributed by atoms with Crippen molar-refractivity contribution in [3.63, 3.8) is 0 Å². The summed E-state index contributed by atoms with van der Waals surface area (Å²) in [5, 5.41) is 5.32. The zero-order valence-electron chi connectivity index (χ0n) is 9.59. The SMILES string of the molecule is COC[C@@H](C)NC(=O)Nc1ccc(F)cc1Cl. The number of ether oxygens (including phenoxy) is 1. The summed E-state index contributed by atoms with van der Waals surface area (Å²) in [5.74, 6) is -0.450. The number of hydrogen-bond acceptors (Lipinski definition) is 2. The minimum absolute atomic E-state index is 0.126. The van der Waals surface area contributed by atoms with E-state index < -0.39 is 11.8 Å². The number of nitrogens with one attached hydrogen (secondary N) is 2. The van der Waals surface area contributed by atoms with E-state index in [1.54, 1.807) is 14.0 Å². The van der Waals surface area contributed by atoms with Crippen molar-refractivity contribution in [1.29, 1.82) is 0 Å². The highest BCUT2D eigenvalue weighted by Gasteiger charge is 2.09. The lowest BCUT2D eigenvalue weighted by Gasteiger charge is -2.14. The molecular weight excluding hydrogens is 247 g/mol. The van der Waals surface area contributed by atoms with Gasteiger partial charge in [0.2, 0.25) is 0 Å². The van der Waals surface area contributed by atoms with Gasteiger partial charge in [-0.2, -0.15) is 0 Å². The highest BCUT2D eigenvalue weighted by atomic mass is 35.5. The molecule has 0 aliphatic carbocycles. The lowest BCUT2D eigenvalue weighted by molar-refractivity contribution is 0.173. The van der Waals surface area contributed by atoms with Crippen LogP contribution in [0.5, 0.6) is 0 Å². The summed E-state index contributed by atoms with van der Waals surface area (Å²) in [5.41, 5.74) is 0.357. The minimum atomic E-state index is -0.450. The van der Waals surface area contributed by atoms with E-state index in [9.17, 15) is 9.18 Å². The van der Waals surface area contributed by atoms with Crippen molar-refractivity contribution in [1.82, 2.24) is 5.32 Å². The van der Waals surface area contributed by atoms with Crippen LogP contribution in [0.1, 0.15) is 6.92 Å². The second-order valence-electron chi connectivity index (χ2n) is 3.58. The Hall–Kier alpha value is -1.33. The van der Waals surface area contributed by atoms with E-state index in [1.807, 2.05) is 0 Å². The van der Waals surface area contributed by atoms with Crippen molar-refractivity contribution in [3.05, 3.63) is 29.0 Å². The Bertz CT molecular complexity index is 401. The topological polar surface area (TPSA) is 50.4 Å². The zero-order valence-corrected chi connectivity index (χ0v) is 10.3. The Morgan fingerprint density at radius 3 is 2.88 bits per heavy atom. The molecule has 1 aromatic rings. The Kier molecular flexibility index (Phi) is 5.18. The first-order valence-electron chi connectivity index (χ1n) is 5.04. The predicted molar refractivity (Wildman–Crippen MR) is 64.9 cm³/mol. The van der Waals surface area contributed by atoms with E-state index in [0.29, 0.717) is 12.3 Å². The Balaban J connectivity index is 2.56. The fraction of sp³-hybridized carbons (Fsp3) is 0.364. The van der Waals surface area contributed by atoms with E-state index in [2.05, 4.69) is 10.6 Å². The molecule has 1 aromatic carbocycles. The van der Waals surface area contributed by atoms with Crippen molar-refractivity contribution in [2.75, 3.05) is 19.0 Å². The van der Waals surface area contributed by atoms with Crippen LogP contribution in [0.4, 0.5) is 14.9 Å². The number of methoxy groups -OCH3 is 1. The molecule has 0 unspecified atom stereocenters. The first kappa shape index (κ1) is 13.7. The monoisotopic (exact) mass is 260 g/mol. The van der Waals surface area contributed by atoms with Crippen LogP contribution >= 0.6 is 11.6 Å². The van der Waals surface area contributed by atoms with Crippen LogP contribution in [0.15, 0.2) is 18.2 Å². The maximum absolute atomic E-state index is 12.8. The van der Waals surface area contributed by atoms with Gasteiger partial charge in [0.05, 0.1) is 23.4 Å². The summed E-state index contributed by atoms with van der Waals surface area (Å²) in [6.45, 7) is 2.21. The molecule has 4 nitrogen and oxygen atoms in total. The molecule has 0 radical (unpaired) electrons. The molecule has 0 aliphatic heterocycles. The number of benzene rings is 1. The number of halogens is 2. The number of anilines is 1. The fourth-order valence-electron chi connectivity index (χ4n) is 1.26. The van der Waals surface area contributed by atoms with Crippen LogP contribution in [-0.4, -0.2) is 25.8 Å². The third kappa shape index (κ3) is 4.58. The predicted octanol–water partition coefficient (Wildman–Crippen LogP) is 2.64. The van der Waals surface area contributed by atoms with Gasteiger partial charge in [-0.3, -0.25) is 0 Å². The van der Waals surface area contributed by atoms with Crippen LogP contribution in [0.2, 0.25) is 5.02 Å². The smallest absolute Gasteiger partial charge is 0.319 e. The quantitative estimate of drug-likeness (QED) is 0.874. The van der Waals surface area contributed by atoms with E-state index in [-0.39, 0.29) is 11.1 Å². The second-order valence-corrected chi connectivity index (χ2v) is 3.99. The van der Waals surface area contributed by atoms with E-state index in [0.717, 1.165) is 6.07 Å². The maximum atomic E-state index is 12.8. The molecule has 0 aliphatic rings. The van der Waals surface area contributed by atoms with Gasteiger partial charge in [-0.05, 0) is 25.1 Å². The molecule has 1 atom stereocenters. The van der Waals surface area contributed by atoms with Crippen LogP contribution in [0, 0.1) is 5.82 Å². The van der Waals surface area contributed by atoms with E-state index in [1.165, 1.54) is 12.1 Å². The first-order chi connectivity index (χ1) is 8.02. The third-order valence-corrected chi connectivity index (χ3v) is 2.29. The highest BCUT2D eigenvalue weighted by molar-refractivity contribution is 6.33. The van der Waals surface area contributed by atoms with Crippen molar-refractivity contribution in [2.45, 2.75) is 13.0 Å². The molecule has 0 aromatic heterocycles. The van der Waals surface area contributed by atoms with Crippen LogP contribution in [0.3, 0.4) is 0 Å². The molecule has 0 saturated carbocycles. The largest absolute Gasteiger partial charge is 0.383 e. The van der Waals surface area contributed by atoms with E-state index in [4.69, 9.17) is 16.3 Å². The zero-order chi connectivity index (χ0) is 12.8. The average Bonchev–Trinajstić information content (AvgIpc) is 2.22. The lowest BCUT2D eigenvalue weighted by atomic mass is 10.3. The van der Waals surface area contributed by atoms with Gasteiger partial charge in [0.15, 0.2) is 0 Å². The van der Waals surface area contributed by atoms with Crippen molar-refractivity contribution < 1.29 is 13.9 Å². The molecule has 94 valence electrons. The van der Waals surface area contributed by atoms with Gasteiger partial charge in [0, 0.05) is 7.11 Å². The molecule has 2 N–H and O–H groups in total. The molecule has 1 rings (SSSR count). The van der Waals surface area contributed by atoms with Gasteiger partial charge in [0.25, 0.3) is 0 Å². The number of hydrogen-bond donors (Lipinski definition) is 2. The van der Waals surface area contributed by atoms with Crippen molar-refractivity contribution in [3.8, 4) is 0 Å². The Morgan fingerprint density at radius 1 is 1.59 bits per heavy atom. The van der Waals surface area contributed by atoms with Gasteiger partial charge in [-0.25, -0.2) is 9.18 Å². The van der Waals surface area contributed by atoms with Gasteiger partial charge in [-0.1, -0.05) is 11.6 Å². The summed E-state index contributed by atoms with van der Waals surface area (Å²) < 4.78 is 17.6. The molecule has 17 heavy (non-hydrogen) atoms. The average molecular weight is 261 g/mol. The second kappa shape index (κ2) is 6.42. The minimum Gasteiger partial charge on any atom is -0.383 e. The molecule has 2 amide bonds. The molecule has 0 saturated heterocycles. The number of carbonyl (C=O) groups excluding carboxylic acids is 1. The number of rotatable bonds is 4. The van der Waals surface area contributed by atoms with Crippen LogP contribution in [0.25, 0.3) is 0 Å². The molecule has 6 heteroatoms. The molecule has 0 bridgehead atoms. The van der Waals surface area contributed by atoms with Crippen LogP contribution in [-0.2, 0) is 4.74 Å². The highest BCUT2D eigenvalue weighted by Crippen LogP contribution is 2.22. The normalized spacial score (nSPS) is 12.0. The fourth-order valence-corrected chi connectivity index (χ4v) is 1.48. The summed E-state index contributed by atoms with van der Waals surface area (Å²) >= 11 is 5.76. The summed E-state index contributed by atoms with van der Waals surface area (Å²) in [4.78, 5) is 11.5. The van der Waals surface area contributed by atoms with Crippen molar-refractivity contribution in [2.24, 2.45) is 0 Å². The summed E-state index contributed by atoms with van der Waals surface area (Å²) in [6.07, 6.45) is 0. The molecule has 0 spiro atoms. The summed E-state index contributed by atoms with van der Waals surface area (Å²) in [6, 6.07) is 3.22. The van der Waals surface area contributed by atoms with Gasteiger partial charge < -0.3 is 15.4 Å². The van der Waals surface area contributed by atoms with Gasteiger partial charge in [0.1, 0.15) is 5.82 Å². The lowest BCUT2D eigenvalue weighted by Crippen LogP contribution is -2.38. The molecule has 0 heterocycles. The maximum Gasteiger partial charge on any atom is 0.319 e. The van der Waals surface area contributed by atoms with Gasteiger partial charge >= 0.3 is 6.03 Å². The standard InChI is InChI=1S/C11H14ClFN2O2/c1-7(6-17-2)14-11(16)15-10-4-3-8(13)5-9(10)12/h3-5,7H,6H2,1-2H3,(H2,14,15,16)/t7-/m1/s1. The van der Waals surface area contributed by atoms with E-state index >= 15 is 0 Å². The Labute approximate surface area is 104 Å². The molecule has 0 fully saturated rings. The van der Waals surface area contributed by atoms with Crippen molar-refractivity contribution >= 4 is 23.3 Å². The first-order valence-corrected chi connectivity index (χ1v) is 5.42. The number of amides is 2. The number of carbonyl (C=O) groups is 1. The third-order valence-electron chi connectivity index (χ3n) is 1.97. The molecular formula is C11H14ClFN2O2. The Morgan fingerprint density at radius 2 is 2.29 bits per heavy atom. The number of urea groups is 1. The summed E-state index contributed by atoms with van der Waals surface area (Å²) in [7, 11) is 1.55. The van der Waals surface area contributed by atoms with Crippen LogP contribution < -0.4 is 10.6 Å². The van der Waals surface area contributed by atoms with Gasteiger partial charge in [-0.15, -0.1) is 0 Å².